The second-order valence-electron chi connectivity index (χ2n) is 5.81. The lowest BCUT2D eigenvalue weighted by atomic mass is 10.1. The van der Waals surface area contributed by atoms with Crippen LogP contribution in [0.4, 0.5) is 0 Å². The summed E-state index contributed by atoms with van der Waals surface area (Å²) in [6.45, 7) is 0.341. The zero-order chi connectivity index (χ0) is 15.6. The molecule has 0 spiro atoms. The SMILES string of the molecule is O=C(O)CCC/C=C/CCCCCCCCCCCCO. The lowest BCUT2D eigenvalue weighted by Gasteiger charge is -2.01. The highest BCUT2D eigenvalue weighted by Crippen LogP contribution is 2.11. The van der Waals surface area contributed by atoms with Gasteiger partial charge in [-0.15, -0.1) is 0 Å². The predicted octanol–water partition coefficient (Wildman–Crippen LogP) is 5.08. The molecule has 3 nitrogen and oxygen atoms in total. The summed E-state index contributed by atoms with van der Waals surface area (Å²) in [6.07, 6.45) is 20.1. The van der Waals surface area contributed by atoms with Crippen molar-refractivity contribution in [1.82, 2.24) is 0 Å². The average Bonchev–Trinajstić information content (AvgIpc) is 2.46. The van der Waals surface area contributed by atoms with Gasteiger partial charge in [-0.25, -0.2) is 0 Å². The third kappa shape index (κ3) is 19.2. The van der Waals surface area contributed by atoms with Gasteiger partial charge in [0.1, 0.15) is 0 Å². The molecule has 0 aliphatic heterocycles. The molecule has 21 heavy (non-hydrogen) atoms. The normalized spacial score (nSPS) is 11.3. The molecule has 0 aromatic carbocycles. The van der Waals surface area contributed by atoms with Gasteiger partial charge >= 0.3 is 5.97 Å². The third-order valence-electron chi connectivity index (χ3n) is 3.71. The minimum Gasteiger partial charge on any atom is -0.481 e. The molecule has 3 heteroatoms. The van der Waals surface area contributed by atoms with E-state index in [0.717, 1.165) is 25.7 Å². The highest BCUT2D eigenvalue weighted by molar-refractivity contribution is 5.66. The number of unbranched alkanes of at least 4 members (excludes halogenated alkanes) is 11. The molecule has 0 saturated carbocycles. The van der Waals surface area contributed by atoms with E-state index < -0.39 is 5.97 Å². The number of allylic oxidation sites excluding steroid dienone is 2. The first kappa shape index (κ1) is 20.2. The van der Waals surface area contributed by atoms with E-state index >= 15 is 0 Å². The Kier molecular flexibility index (Phi) is 16.5. The maximum absolute atomic E-state index is 10.3. The van der Waals surface area contributed by atoms with Gasteiger partial charge in [0.05, 0.1) is 0 Å². The number of aliphatic hydroxyl groups excluding tert-OH is 1. The Morgan fingerprint density at radius 3 is 1.57 bits per heavy atom. The minimum absolute atomic E-state index is 0.282. The number of hydrogen-bond acceptors (Lipinski definition) is 2. The van der Waals surface area contributed by atoms with E-state index in [-0.39, 0.29) is 6.42 Å². The number of aliphatic hydroxyl groups is 1. The predicted molar refractivity (Wildman–Crippen MR) is 88.5 cm³/mol. The van der Waals surface area contributed by atoms with Gasteiger partial charge in [0.15, 0.2) is 0 Å². The lowest BCUT2D eigenvalue weighted by Crippen LogP contribution is -1.92. The summed E-state index contributed by atoms with van der Waals surface area (Å²) in [4.78, 5) is 10.3. The Bertz CT molecular complexity index is 249. The van der Waals surface area contributed by atoms with Crippen LogP contribution in [0, 0.1) is 0 Å². The first-order valence-corrected chi connectivity index (χ1v) is 8.75. The van der Waals surface area contributed by atoms with Gasteiger partial charge < -0.3 is 10.2 Å². The molecular formula is C18H34O3. The first-order valence-electron chi connectivity index (χ1n) is 8.75. The van der Waals surface area contributed by atoms with Crippen LogP contribution >= 0.6 is 0 Å². The Labute approximate surface area is 130 Å². The van der Waals surface area contributed by atoms with E-state index in [4.69, 9.17) is 10.2 Å². The van der Waals surface area contributed by atoms with Crippen LogP contribution in [0.3, 0.4) is 0 Å². The maximum atomic E-state index is 10.3. The smallest absolute Gasteiger partial charge is 0.303 e. The zero-order valence-electron chi connectivity index (χ0n) is 13.6. The molecule has 0 aliphatic carbocycles. The molecule has 0 amide bonds. The van der Waals surface area contributed by atoms with Crippen LogP contribution in [0.1, 0.15) is 89.9 Å². The van der Waals surface area contributed by atoms with Crippen molar-refractivity contribution in [3.05, 3.63) is 12.2 Å². The molecule has 2 N–H and O–H groups in total. The van der Waals surface area contributed by atoms with Gasteiger partial charge in [-0.3, -0.25) is 4.79 Å². The quantitative estimate of drug-likeness (QED) is 0.308. The van der Waals surface area contributed by atoms with Gasteiger partial charge in [-0.2, -0.15) is 0 Å². The number of carbonyl (C=O) groups is 1. The van der Waals surface area contributed by atoms with Gasteiger partial charge in [-0.1, -0.05) is 63.5 Å². The Morgan fingerprint density at radius 1 is 0.667 bits per heavy atom. The summed E-state index contributed by atoms with van der Waals surface area (Å²) in [5.41, 5.74) is 0. The van der Waals surface area contributed by atoms with E-state index in [2.05, 4.69) is 12.2 Å². The molecule has 0 saturated heterocycles. The molecule has 0 atom stereocenters. The van der Waals surface area contributed by atoms with Gasteiger partial charge in [0.25, 0.3) is 0 Å². The number of rotatable bonds is 16. The molecule has 124 valence electrons. The Balaban J connectivity index is 3.05. The summed E-state index contributed by atoms with van der Waals surface area (Å²) >= 11 is 0. The number of hydrogen-bond donors (Lipinski definition) is 2. The fourth-order valence-corrected chi connectivity index (χ4v) is 2.40. The van der Waals surface area contributed by atoms with E-state index in [0.29, 0.717) is 6.61 Å². The minimum atomic E-state index is -0.697. The second-order valence-corrected chi connectivity index (χ2v) is 5.81. The van der Waals surface area contributed by atoms with Crippen LogP contribution in [-0.2, 0) is 4.79 Å². The molecule has 0 aromatic heterocycles. The van der Waals surface area contributed by atoms with E-state index in [1.807, 2.05) is 0 Å². The van der Waals surface area contributed by atoms with Crippen molar-refractivity contribution in [2.45, 2.75) is 89.9 Å². The molecule has 0 fully saturated rings. The van der Waals surface area contributed by atoms with Crippen LogP contribution in [0.5, 0.6) is 0 Å². The molecule has 0 aromatic rings. The highest BCUT2D eigenvalue weighted by atomic mass is 16.4. The maximum Gasteiger partial charge on any atom is 0.303 e. The summed E-state index contributed by atoms with van der Waals surface area (Å²) in [7, 11) is 0. The fraction of sp³-hybridized carbons (Fsp3) is 0.833. The summed E-state index contributed by atoms with van der Waals surface area (Å²) in [6, 6.07) is 0. The van der Waals surface area contributed by atoms with Crippen LogP contribution in [0.25, 0.3) is 0 Å². The van der Waals surface area contributed by atoms with E-state index in [9.17, 15) is 4.79 Å². The zero-order valence-corrected chi connectivity index (χ0v) is 13.6. The van der Waals surface area contributed by atoms with Gasteiger partial charge in [0, 0.05) is 13.0 Å². The lowest BCUT2D eigenvalue weighted by molar-refractivity contribution is -0.137. The Morgan fingerprint density at radius 2 is 1.10 bits per heavy atom. The number of carboxylic acid groups (broad SMARTS) is 1. The van der Waals surface area contributed by atoms with Crippen molar-refractivity contribution in [3.8, 4) is 0 Å². The highest BCUT2D eigenvalue weighted by Gasteiger charge is 1.94. The third-order valence-corrected chi connectivity index (χ3v) is 3.71. The number of aliphatic carboxylic acids is 1. The fourth-order valence-electron chi connectivity index (χ4n) is 2.40. The van der Waals surface area contributed by atoms with Crippen molar-refractivity contribution < 1.29 is 15.0 Å². The Hall–Kier alpha value is -0.830. The van der Waals surface area contributed by atoms with Crippen molar-refractivity contribution in [3.63, 3.8) is 0 Å². The standard InChI is InChI=1S/C18H34O3/c19-17-15-13-11-9-7-5-3-1-2-4-6-8-10-12-14-16-18(20)21/h8,10,19H,1-7,9,11-17H2,(H,20,21)/b10-8+. The summed E-state index contributed by atoms with van der Waals surface area (Å²) in [5.74, 6) is -0.697. The molecule has 0 heterocycles. The van der Waals surface area contributed by atoms with Gasteiger partial charge in [-0.05, 0) is 32.1 Å². The van der Waals surface area contributed by atoms with Gasteiger partial charge in [0.2, 0.25) is 0 Å². The first-order chi connectivity index (χ1) is 10.3. The van der Waals surface area contributed by atoms with Crippen molar-refractivity contribution in [2.75, 3.05) is 6.61 Å². The molecule has 0 bridgehead atoms. The van der Waals surface area contributed by atoms with E-state index in [1.54, 1.807) is 0 Å². The number of carboxylic acids is 1. The molecule has 0 rings (SSSR count). The van der Waals surface area contributed by atoms with Crippen molar-refractivity contribution in [2.24, 2.45) is 0 Å². The second kappa shape index (κ2) is 17.2. The topological polar surface area (TPSA) is 57.5 Å². The van der Waals surface area contributed by atoms with Crippen LogP contribution in [-0.4, -0.2) is 22.8 Å². The molecule has 0 radical (unpaired) electrons. The molecular weight excluding hydrogens is 264 g/mol. The van der Waals surface area contributed by atoms with Crippen LogP contribution in [0.15, 0.2) is 12.2 Å². The molecule has 0 aliphatic rings. The molecule has 0 unspecified atom stereocenters. The summed E-state index contributed by atoms with van der Waals surface area (Å²) < 4.78 is 0. The monoisotopic (exact) mass is 298 g/mol. The van der Waals surface area contributed by atoms with Crippen molar-refractivity contribution in [1.29, 1.82) is 0 Å². The van der Waals surface area contributed by atoms with Crippen LogP contribution < -0.4 is 0 Å². The summed E-state index contributed by atoms with van der Waals surface area (Å²) in [5, 5.41) is 17.2. The van der Waals surface area contributed by atoms with Crippen molar-refractivity contribution >= 4 is 5.97 Å². The largest absolute Gasteiger partial charge is 0.481 e. The van der Waals surface area contributed by atoms with E-state index in [1.165, 1.54) is 57.8 Å². The average molecular weight is 298 g/mol. The van der Waals surface area contributed by atoms with Crippen LogP contribution in [0.2, 0.25) is 0 Å².